The number of nitrogens with two attached hydrogens (primary N) is 1. The number of aromatic nitrogens is 2. The quantitative estimate of drug-likeness (QED) is 0.650. The highest BCUT2D eigenvalue weighted by molar-refractivity contribution is 7.13. The van der Waals surface area contributed by atoms with Gasteiger partial charge in [-0.1, -0.05) is 6.07 Å². The van der Waals surface area contributed by atoms with Crippen LogP contribution in [0, 0.1) is 0 Å². The molecule has 2 heterocycles. The van der Waals surface area contributed by atoms with Gasteiger partial charge in [-0.05, 0) is 29.6 Å². The minimum Gasteiger partial charge on any atom is -0.399 e. The predicted molar refractivity (Wildman–Crippen MR) is 67.3 cm³/mol. The molecule has 4 heteroatoms. The molecular formula is C12H9N3S. The molecule has 0 aliphatic carbocycles. The molecular weight excluding hydrogens is 218 g/mol. The van der Waals surface area contributed by atoms with Crippen molar-refractivity contribution in [2.75, 3.05) is 5.73 Å². The Morgan fingerprint density at radius 2 is 2.06 bits per heavy atom. The summed E-state index contributed by atoms with van der Waals surface area (Å²) in [7, 11) is 0. The maximum atomic E-state index is 5.73. The van der Waals surface area contributed by atoms with Crippen molar-refractivity contribution in [3.63, 3.8) is 0 Å². The molecule has 0 bridgehead atoms. The lowest BCUT2D eigenvalue weighted by Gasteiger charge is -2.00. The van der Waals surface area contributed by atoms with Gasteiger partial charge in [-0.3, -0.25) is 4.98 Å². The van der Waals surface area contributed by atoms with Crippen molar-refractivity contribution in [1.82, 2.24) is 9.97 Å². The zero-order valence-corrected chi connectivity index (χ0v) is 9.24. The number of nitrogens with zero attached hydrogens (tertiary/aromatic N) is 2. The van der Waals surface area contributed by atoms with Crippen molar-refractivity contribution in [1.29, 1.82) is 0 Å². The molecule has 78 valence electrons. The van der Waals surface area contributed by atoms with Crippen LogP contribution in [0.3, 0.4) is 0 Å². The molecule has 3 nitrogen and oxygen atoms in total. The molecule has 0 aliphatic heterocycles. The molecule has 0 spiro atoms. The Hall–Kier alpha value is -1.94. The summed E-state index contributed by atoms with van der Waals surface area (Å²) in [6.45, 7) is 0. The molecule has 2 aromatic heterocycles. The molecule has 1 aromatic carbocycles. The van der Waals surface area contributed by atoms with E-state index in [0.717, 1.165) is 21.6 Å². The normalized spacial score (nSPS) is 10.8. The van der Waals surface area contributed by atoms with Gasteiger partial charge in [-0.15, -0.1) is 11.3 Å². The van der Waals surface area contributed by atoms with E-state index in [4.69, 9.17) is 5.73 Å². The molecule has 16 heavy (non-hydrogen) atoms. The van der Waals surface area contributed by atoms with E-state index < -0.39 is 0 Å². The van der Waals surface area contributed by atoms with Crippen LogP contribution < -0.4 is 5.73 Å². The molecule has 0 unspecified atom stereocenters. The highest BCUT2D eigenvalue weighted by Gasteiger charge is 2.03. The predicted octanol–water partition coefficient (Wildman–Crippen LogP) is 2.94. The maximum absolute atomic E-state index is 5.73. The molecule has 2 N–H and O–H groups in total. The molecule has 0 saturated heterocycles. The number of anilines is 1. The van der Waals surface area contributed by atoms with Crippen molar-refractivity contribution in [2.45, 2.75) is 0 Å². The van der Waals surface area contributed by atoms with Crippen LogP contribution in [0.15, 0.2) is 41.9 Å². The van der Waals surface area contributed by atoms with Gasteiger partial charge in [0.25, 0.3) is 0 Å². The summed E-state index contributed by atoms with van der Waals surface area (Å²) in [5.41, 5.74) is 9.05. The van der Waals surface area contributed by atoms with Crippen LogP contribution in [-0.4, -0.2) is 9.97 Å². The number of benzene rings is 1. The molecule has 0 radical (unpaired) electrons. The fourth-order valence-electron chi connectivity index (χ4n) is 1.57. The second kappa shape index (κ2) is 3.57. The Balaban J connectivity index is 2.22. The first-order valence-corrected chi connectivity index (χ1v) is 5.77. The summed E-state index contributed by atoms with van der Waals surface area (Å²) in [4.78, 5) is 10.0. The standard InChI is InChI=1S/C12H9N3S/c13-8-3-4-9-10(6-8)15-11(7-14-9)12-2-1-5-16-12/h1-7H,13H2. The largest absolute Gasteiger partial charge is 0.399 e. The lowest BCUT2D eigenvalue weighted by atomic mass is 10.2. The van der Waals surface area contributed by atoms with E-state index in [1.807, 2.05) is 35.7 Å². The molecule has 0 atom stereocenters. The van der Waals surface area contributed by atoms with Crippen LogP contribution in [0.1, 0.15) is 0 Å². The third kappa shape index (κ3) is 1.53. The molecule has 0 aliphatic rings. The zero-order valence-electron chi connectivity index (χ0n) is 8.42. The van der Waals surface area contributed by atoms with E-state index in [2.05, 4.69) is 9.97 Å². The summed E-state index contributed by atoms with van der Waals surface area (Å²) >= 11 is 1.66. The second-order valence-electron chi connectivity index (χ2n) is 3.48. The molecule has 0 saturated carbocycles. The Morgan fingerprint density at radius 1 is 1.12 bits per heavy atom. The number of hydrogen-bond donors (Lipinski definition) is 1. The van der Waals surface area contributed by atoms with Crippen molar-refractivity contribution in [2.24, 2.45) is 0 Å². The minimum atomic E-state index is 0.713. The van der Waals surface area contributed by atoms with Gasteiger partial charge in [0, 0.05) is 5.69 Å². The van der Waals surface area contributed by atoms with E-state index in [0.29, 0.717) is 5.69 Å². The maximum Gasteiger partial charge on any atom is 0.0992 e. The number of fused-ring (bicyclic) bond motifs is 1. The summed E-state index contributed by atoms with van der Waals surface area (Å²) in [6, 6.07) is 9.61. The van der Waals surface area contributed by atoms with Gasteiger partial charge in [0.15, 0.2) is 0 Å². The highest BCUT2D eigenvalue weighted by Crippen LogP contribution is 2.24. The highest BCUT2D eigenvalue weighted by atomic mass is 32.1. The van der Waals surface area contributed by atoms with Crippen LogP contribution in [0.2, 0.25) is 0 Å². The van der Waals surface area contributed by atoms with Crippen LogP contribution in [0.25, 0.3) is 21.6 Å². The van der Waals surface area contributed by atoms with E-state index in [1.54, 1.807) is 17.5 Å². The van der Waals surface area contributed by atoms with Gasteiger partial charge in [-0.2, -0.15) is 0 Å². The summed E-state index contributed by atoms with van der Waals surface area (Å²) < 4.78 is 0. The Kier molecular flexibility index (Phi) is 2.08. The van der Waals surface area contributed by atoms with E-state index >= 15 is 0 Å². The monoisotopic (exact) mass is 227 g/mol. The number of nitrogen functional groups attached to an aromatic ring is 1. The van der Waals surface area contributed by atoms with Gasteiger partial charge >= 0.3 is 0 Å². The van der Waals surface area contributed by atoms with Crippen LogP contribution in [0.4, 0.5) is 5.69 Å². The third-order valence-electron chi connectivity index (χ3n) is 2.34. The van der Waals surface area contributed by atoms with Gasteiger partial charge in [0.2, 0.25) is 0 Å². The van der Waals surface area contributed by atoms with Gasteiger partial charge in [0.1, 0.15) is 0 Å². The Morgan fingerprint density at radius 3 is 2.88 bits per heavy atom. The van der Waals surface area contributed by atoms with Crippen LogP contribution in [-0.2, 0) is 0 Å². The fraction of sp³-hybridized carbons (Fsp3) is 0. The number of hydrogen-bond acceptors (Lipinski definition) is 4. The van der Waals surface area contributed by atoms with E-state index in [-0.39, 0.29) is 0 Å². The van der Waals surface area contributed by atoms with Gasteiger partial charge in [-0.25, -0.2) is 4.98 Å². The van der Waals surface area contributed by atoms with E-state index in [1.165, 1.54) is 0 Å². The van der Waals surface area contributed by atoms with Gasteiger partial charge in [0.05, 0.1) is 27.8 Å². The smallest absolute Gasteiger partial charge is 0.0992 e. The SMILES string of the molecule is Nc1ccc2ncc(-c3cccs3)nc2c1. The van der Waals surface area contributed by atoms with Crippen molar-refractivity contribution in [3.05, 3.63) is 41.9 Å². The Labute approximate surface area is 96.6 Å². The molecule has 0 fully saturated rings. The minimum absolute atomic E-state index is 0.713. The van der Waals surface area contributed by atoms with Crippen molar-refractivity contribution < 1.29 is 0 Å². The lowest BCUT2D eigenvalue weighted by molar-refractivity contribution is 1.30. The molecule has 3 rings (SSSR count). The first-order chi connectivity index (χ1) is 7.83. The van der Waals surface area contributed by atoms with E-state index in [9.17, 15) is 0 Å². The second-order valence-corrected chi connectivity index (χ2v) is 4.43. The molecule has 0 amide bonds. The summed E-state index contributed by atoms with van der Waals surface area (Å²) in [6.07, 6.45) is 1.80. The first kappa shape index (κ1) is 9.30. The van der Waals surface area contributed by atoms with Crippen LogP contribution >= 0.6 is 11.3 Å². The molecule has 3 aromatic rings. The van der Waals surface area contributed by atoms with Crippen molar-refractivity contribution >= 4 is 28.1 Å². The number of thiophene rings is 1. The average molecular weight is 227 g/mol. The number of rotatable bonds is 1. The van der Waals surface area contributed by atoms with Crippen LogP contribution in [0.5, 0.6) is 0 Å². The van der Waals surface area contributed by atoms with Crippen molar-refractivity contribution in [3.8, 4) is 10.6 Å². The summed E-state index contributed by atoms with van der Waals surface area (Å²) in [5.74, 6) is 0. The lowest BCUT2D eigenvalue weighted by Crippen LogP contribution is -1.89. The average Bonchev–Trinajstić information content (AvgIpc) is 2.81. The Bertz CT molecular complexity index is 632. The van der Waals surface area contributed by atoms with Gasteiger partial charge < -0.3 is 5.73 Å². The zero-order chi connectivity index (χ0) is 11.0. The first-order valence-electron chi connectivity index (χ1n) is 4.89. The fourth-order valence-corrected chi connectivity index (χ4v) is 2.25. The topological polar surface area (TPSA) is 51.8 Å². The summed E-state index contributed by atoms with van der Waals surface area (Å²) in [5, 5.41) is 2.03. The third-order valence-corrected chi connectivity index (χ3v) is 3.23.